The summed E-state index contributed by atoms with van der Waals surface area (Å²) in [6, 6.07) is 4.82. The van der Waals surface area contributed by atoms with Crippen molar-refractivity contribution in [1.29, 1.82) is 0 Å². The monoisotopic (exact) mass is 388 g/mol. The molecule has 1 aromatic carbocycles. The van der Waals surface area contributed by atoms with Gasteiger partial charge in [0.15, 0.2) is 0 Å². The van der Waals surface area contributed by atoms with Crippen molar-refractivity contribution in [1.82, 2.24) is 19.8 Å². The van der Waals surface area contributed by atoms with Crippen LogP contribution >= 0.6 is 0 Å². The Morgan fingerprint density at radius 2 is 1.86 bits per heavy atom. The van der Waals surface area contributed by atoms with Gasteiger partial charge in [0.2, 0.25) is 0 Å². The van der Waals surface area contributed by atoms with Crippen LogP contribution in [0.1, 0.15) is 56.3 Å². The Morgan fingerprint density at radius 1 is 1.11 bits per heavy atom. The van der Waals surface area contributed by atoms with Gasteiger partial charge in [-0.1, -0.05) is 33.1 Å². The molecule has 0 aliphatic heterocycles. The van der Waals surface area contributed by atoms with Gasteiger partial charge in [-0.05, 0) is 44.6 Å². The highest BCUT2D eigenvalue weighted by molar-refractivity contribution is 5.97. The van der Waals surface area contributed by atoms with Crippen LogP contribution in [0, 0.1) is 0 Å². The number of amides is 1. The molecular weight excluding hydrogens is 356 g/mol. The molecule has 0 bridgehead atoms. The summed E-state index contributed by atoms with van der Waals surface area (Å²) >= 11 is 0. The van der Waals surface area contributed by atoms with E-state index in [0.717, 1.165) is 45.2 Å². The van der Waals surface area contributed by atoms with Gasteiger partial charge >= 0.3 is 5.69 Å². The van der Waals surface area contributed by atoms with Crippen molar-refractivity contribution in [2.24, 2.45) is 0 Å². The molecule has 2 N–H and O–H groups in total. The highest BCUT2D eigenvalue weighted by atomic mass is 16.2. The van der Waals surface area contributed by atoms with Gasteiger partial charge in [-0.2, -0.15) is 0 Å². The molecule has 0 fully saturated rings. The molecule has 0 aliphatic carbocycles. The van der Waals surface area contributed by atoms with Crippen molar-refractivity contribution >= 4 is 16.8 Å². The van der Waals surface area contributed by atoms with Gasteiger partial charge < -0.3 is 15.2 Å². The number of rotatable bonds is 11. The van der Waals surface area contributed by atoms with E-state index in [1.54, 1.807) is 18.2 Å². The summed E-state index contributed by atoms with van der Waals surface area (Å²) in [7, 11) is 2.04. The molecule has 0 aliphatic rings. The Hall–Kier alpha value is -2.41. The highest BCUT2D eigenvalue weighted by Gasteiger charge is 2.11. The fourth-order valence-corrected chi connectivity index (χ4v) is 3.12. The van der Waals surface area contributed by atoms with Crippen LogP contribution in [0.4, 0.5) is 0 Å². The fraction of sp³-hybridized carbons (Fsp3) is 0.571. The van der Waals surface area contributed by atoms with Crippen LogP contribution < -0.4 is 16.6 Å². The number of fused-ring (bicyclic) bond motifs is 1. The molecule has 154 valence electrons. The van der Waals surface area contributed by atoms with Gasteiger partial charge in [-0.3, -0.25) is 14.2 Å². The summed E-state index contributed by atoms with van der Waals surface area (Å²) < 4.78 is 1.24. The Balaban J connectivity index is 2.09. The molecule has 28 heavy (non-hydrogen) atoms. The van der Waals surface area contributed by atoms with Crippen molar-refractivity contribution in [3.63, 3.8) is 0 Å². The van der Waals surface area contributed by atoms with Gasteiger partial charge in [0.05, 0.1) is 10.9 Å². The molecule has 0 radical (unpaired) electrons. The highest BCUT2D eigenvalue weighted by Crippen LogP contribution is 2.09. The Kier molecular flexibility index (Phi) is 8.44. The largest absolute Gasteiger partial charge is 0.351 e. The third-order valence-corrected chi connectivity index (χ3v) is 4.90. The van der Waals surface area contributed by atoms with Crippen molar-refractivity contribution in [3.8, 4) is 0 Å². The minimum atomic E-state index is -0.427. The van der Waals surface area contributed by atoms with Crippen LogP contribution in [0.5, 0.6) is 0 Å². The molecule has 0 spiro atoms. The van der Waals surface area contributed by atoms with Gasteiger partial charge in [-0.15, -0.1) is 0 Å². The van der Waals surface area contributed by atoms with Gasteiger partial charge in [-0.25, -0.2) is 4.79 Å². The van der Waals surface area contributed by atoms with Crippen LogP contribution in [-0.2, 0) is 6.54 Å². The first-order chi connectivity index (χ1) is 13.5. The Labute approximate surface area is 165 Å². The number of carbonyl (C=O) groups is 1. The minimum absolute atomic E-state index is 0.209. The number of unbranched alkanes of at least 4 members (excludes halogenated alkanes) is 3. The van der Waals surface area contributed by atoms with Crippen molar-refractivity contribution < 1.29 is 4.79 Å². The lowest BCUT2D eigenvalue weighted by molar-refractivity contribution is 0.0950. The number of aromatic nitrogens is 2. The van der Waals surface area contributed by atoms with Crippen molar-refractivity contribution in [2.75, 3.05) is 26.7 Å². The molecule has 1 amide bonds. The molecule has 1 aromatic heterocycles. The third kappa shape index (κ3) is 5.79. The average molecular weight is 389 g/mol. The van der Waals surface area contributed by atoms with E-state index >= 15 is 0 Å². The van der Waals surface area contributed by atoms with Crippen LogP contribution in [0.2, 0.25) is 0 Å². The van der Waals surface area contributed by atoms with Crippen LogP contribution in [0.3, 0.4) is 0 Å². The standard InChI is InChI=1S/C21H32N4O3/c1-4-6-8-13-25-20(27)17-10-9-16(15-18(17)23-21(25)28)19(26)22-11-14-24(3)12-7-5-2/h9-10,15H,4-8,11-14H2,1-3H3,(H,22,26)(H,23,28). The first kappa shape index (κ1) is 21.9. The molecule has 7 heteroatoms. The minimum Gasteiger partial charge on any atom is -0.351 e. The SMILES string of the molecule is CCCCCn1c(=O)[nH]c2cc(C(=O)NCCN(C)CCCC)ccc2c1=O. The maximum atomic E-state index is 12.6. The van der Waals surface area contributed by atoms with Gasteiger partial charge in [0.1, 0.15) is 0 Å². The average Bonchev–Trinajstić information content (AvgIpc) is 2.68. The van der Waals surface area contributed by atoms with Crippen LogP contribution in [0.15, 0.2) is 27.8 Å². The molecule has 0 saturated heterocycles. The summed E-state index contributed by atoms with van der Waals surface area (Å²) in [4.78, 5) is 42.2. The summed E-state index contributed by atoms with van der Waals surface area (Å²) in [6.07, 6.45) is 5.06. The van der Waals surface area contributed by atoms with Crippen LogP contribution in [-0.4, -0.2) is 47.0 Å². The number of nitrogens with zero attached hydrogens (tertiary/aromatic N) is 2. The van der Waals surface area contributed by atoms with Crippen molar-refractivity contribution in [3.05, 3.63) is 44.6 Å². The molecule has 0 atom stereocenters. The van der Waals surface area contributed by atoms with E-state index in [0.29, 0.717) is 29.6 Å². The maximum Gasteiger partial charge on any atom is 0.328 e. The van der Waals surface area contributed by atoms with E-state index in [-0.39, 0.29) is 11.5 Å². The van der Waals surface area contributed by atoms with E-state index in [1.165, 1.54) is 4.57 Å². The second kappa shape index (κ2) is 10.8. The molecule has 1 heterocycles. The molecule has 7 nitrogen and oxygen atoms in total. The van der Waals surface area contributed by atoms with Crippen LogP contribution in [0.25, 0.3) is 10.9 Å². The molecule has 0 unspecified atom stereocenters. The molecule has 0 saturated carbocycles. The van der Waals surface area contributed by atoms with E-state index in [2.05, 4.69) is 29.0 Å². The molecule has 2 rings (SSSR count). The number of likely N-dealkylation sites (N-methyl/N-ethyl adjacent to an activating group) is 1. The molecule has 2 aromatic rings. The summed E-state index contributed by atoms with van der Waals surface area (Å²) in [6.45, 7) is 6.97. The van der Waals surface area contributed by atoms with E-state index < -0.39 is 5.69 Å². The maximum absolute atomic E-state index is 12.6. The Bertz CT molecular complexity index is 901. The topological polar surface area (TPSA) is 87.2 Å². The smallest absolute Gasteiger partial charge is 0.328 e. The second-order valence-corrected chi connectivity index (χ2v) is 7.27. The van der Waals surface area contributed by atoms with E-state index in [1.807, 2.05) is 7.05 Å². The fourth-order valence-electron chi connectivity index (χ4n) is 3.12. The van der Waals surface area contributed by atoms with Gasteiger partial charge in [0.25, 0.3) is 11.5 Å². The third-order valence-electron chi connectivity index (χ3n) is 4.90. The van der Waals surface area contributed by atoms with E-state index in [9.17, 15) is 14.4 Å². The van der Waals surface area contributed by atoms with Gasteiger partial charge in [0, 0.05) is 25.2 Å². The predicted molar refractivity (Wildman–Crippen MR) is 113 cm³/mol. The summed E-state index contributed by atoms with van der Waals surface area (Å²) in [5.74, 6) is -0.209. The number of aromatic amines is 1. The zero-order valence-electron chi connectivity index (χ0n) is 17.2. The number of nitrogens with one attached hydrogen (secondary N) is 2. The number of carbonyl (C=O) groups excluding carboxylic acids is 1. The second-order valence-electron chi connectivity index (χ2n) is 7.27. The lowest BCUT2D eigenvalue weighted by Crippen LogP contribution is -2.35. The quantitative estimate of drug-likeness (QED) is 0.579. The summed E-state index contributed by atoms with van der Waals surface area (Å²) in [5, 5.41) is 3.31. The predicted octanol–water partition coefficient (Wildman–Crippen LogP) is 2.34. The first-order valence-electron chi connectivity index (χ1n) is 10.2. The summed E-state index contributed by atoms with van der Waals surface area (Å²) in [5.41, 5.74) is 0.0972. The zero-order chi connectivity index (χ0) is 20.5. The lowest BCUT2D eigenvalue weighted by Gasteiger charge is -2.16. The number of hydrogen-bond acceptors (Lipinski definition) is 4. The zero-order valence-corrected chi connectivity index (χ0v) is 17.2. The number of H-pyrrole nitrogens is 1. The number of benzene rings is 1. The van der Waals surface area contributed by atoms with E-state index in [4.69, 9.17) is 0 Å². The number of hydrogen-bond donors (Lipinski definition) is 2. The Morgan fingerprint density at radius 3 is 2.57 bits per heavy atom. The van der Waals surface area contributed by atoms with Crippen molar-refractivity contribution in [2.45, 2.75) is 52.5 Å². The normalized spacial score (nSPS) is 11.3. The molecular formula is C21H32N4O3. The lowest BCUT2D eigenvalue weighted by atomic mass is 10.1. The first-order valence-corrected chi connectivity index (χ1v) is 10.2.